The van der Waals surface area contributed by atoms with E-state index in [2.05, 4.69) is 26.3 Å². The normalized spacial score (nSPS) is 10.7. The lowest BCUT2D eigenvalue weighted by atomic mass is 9.99. The van der Waals surface area contributed by atoms with Crippen molar-refractivity contribution in [2.75, 3.05) is 12.4 Å². The lowest BCUT2D eigenvalue weighted by molar-refractivity contribution is 0.102. The molecular weight excluding hydrogens is 494 g/mol. The molecule has 0 saturated carbocycles. The number of pyridine rings is 2. The highest BCUT2D eigenvalue weighted by Crippen LogP contribution is 2.39. The van der Waals surface area contributed by atoms with Crippen LogP contribution in [0.2, 0.25) is 5.02 Å². The van der Waals surface area contributed by atoms with Gasteiger partial charge >= 0.3 is 0 Å². The number of hydrogen-bond donors (Lipinski definition) is 1. The van der Waals surface area contributed by atoms with Gasteiger partial charge < -0.3 is 4.74 Å². The lowest BCUT2D eigenvalue weighted by Gasteiger charge is -2.14. The van der Waals surface area contributed by atoms with Gasteiger partial charge in [-0.05, 0) is 49.4 Å². The fraction of sp³-hybridized carbons (Fsp3) is 0.0741. The van der Waals surface area contributed by atoms with Crippen molar-refractivity contribution in [3.63, 3.8) is 0 Å². The van der Waals surface area contributed by atoms with Gasteiger partial charge in [-0.15, -0.1) is 0 Å². The minimum atomic E-state index is -0.370. The van der Waals surface area contributed by atoms with Crippen molar-refractivity contribution in [1.29, 1.82) is 5.26 Å². The number of carbonyl (C=O) groups is 1. The highest BCUT2D eigenvalue weighted by molar-refractivity contribution is 7.22. The Morgan fingerprint density at radius 2 is 1.92 bits per heavy atom. The maximum atomic E-state index is 13.3. The quantitative estimate of drug-likeness (QED) is 0.288. The van der Waals surface area contributed by atoms with E-state index in [0.29, 0.717) is 48.5 Å². The van der Waals surface area contributed by atoms with E-state index in [1.807, 2.05) is 37.3 Å². The maximum Gasteiger partial charge on any atom is 0.259 e. The summed E-state index contributed by atoms with van der Waals surface area (Å²) in [6.07, 6.45) is 1.53. The molecule has 2 aromatic carbocycles. The molecule has 36 heavy (non-hydrogen) atoms. The van der Waals surface area contributed by atoms with Gasteiger partial charge in [0.05, 0.1) is 35.0 Å². The molecule has 0 atom stereocenters. The van der Waals surface area contributed by atoms with Crippen LogP contribution in [-0.2, 0) is 0 Å². The number of aromatic nitrogens is 3. The predicted molar refractivity (Wildman–Crippen MR) is 141 cm³/mol. The monoisotopic (exact) mass is 511 g/mol. The molecule has 0 saturated heterocycles. The molecular formula is C27H18ClN5O2S. The number of aryl methyl sites for hydroxylation is 1. The first-order valence-electron chi connectivity index (χ1n) is 10.9. The van der Waals surface area contributed by atoms with Crippen molar-refractivity contribution in [2.24, 2.45) is 0 Å². The van der Waals surface area contributed by atoms with Crippen molar-refractivity contribution < 1.29 is 9.53 Å². The molecule has 3 heterocycles. The van der Waals surface area contributed by atoms with E-state index in [9.17, 15) is 4.79 Å². The highest BCUT2D eigenvalue weighted by atomic mass is 35.5. The third-order valence-electron chi connectivity index (χ3n) is 5.54. The highest BCUT2D eigenvalue weighted by Gasteiger charge is 2.20. The summed E-state index contributed by atoms with van der Waals surface area (Å²) in [6.45, 7) is 1.85. The van der Waals surface area contributed by atoms with Crippen LogP contribution in [0, 0.1) is 18.3 Å². The third-order valence-corrected chi connectivity index (χ3v) is 6.73. The first-order chi connectivity index (χ1) is 17.5. The van der Waals surface area contributed by atoms with Gasteiger partial charge in [0.2, 0.25) is 0 Å². The number of nitrogens with zero attached hydrogens (tertiary/aromatic N) is 4. The van der Waals surface area contributed by atoms with Gasteiger partial charge in [0.1, 0.15) is 16.1 Å². The van der Waals surface area contributed by atoms with Crippen molar-refractivity contribution in [3.8, 4) is 34.2 Å². The van der Waals surface area contributed by atoms with E-state index in [0.717, 1.165) is 17.0 Å². The van der Waals surface area contributed by atoms with Crippen LogP contribution in [0.25, 0.3) is 32.7 Å². The summed E-state index contributed by atoms with van der Waals surface area (Å²) in [7, 11) is 1.56. The van der Waals surface area contributed by atoms with Crippen LogP contribution in [0.3, 0.4) is 0 Å². The van der Waals surface area contributed by atoms with E-state index in [4.69, 9.17) is 21.6 Å². The molecule has 0 unspecified atom stereocenters. The Kier molecular flexibility index (Phi) is 6.34. The summed E-state index contributed by atoms with van der Waals surface area (Å²) >= 11 is 7.78. The Hall–Kier alpha value is -4.32. The molecule has 0 aliphatic carbocycles. The Morgan fingerprint density at radius 1 is 1.11 bits per heavy atom. The zero-order chi connectivity index (χ0) is 25.2. The smallest absolute Gasteiger partial charge is 0.259 e. The summed E-state index contributed by atoms with van der Waals surface area (Å²) < 4.78 is 5.50. The van der Waals surface area contributed by atoms with Gasteiger partial charge in [0.25, 0.3) is 5.91 Å². The number of nitrogens with one attached hydrogen (secondary N) is 1. The number of rotatable bonds is 5. The maximum absolute atomic E-state index is 13.3. The summed E-state index contributed by atoms with van der Waals surface area (Å²) in [6, 6.07) is 20.2. The first kappa shape index (κ1) is 23.4. The Balaban J connectivity index is 1.48. The average Bonchev–Trinajstić information content (AvgIpc) is 3.29. The topological polar surface area (TPSA) is 101 Å². The first-order valence-corrected chi connectivity index (χ1v) is 12.1. The van der Waals surface area contributed by atoms with Crippen LogP contribution in [-0.4, -0.2) is 28.0 Å². The second-order valence-corrected chi connectivity index (χ2v) is 9.26. The van der Waals surface area contributed by atoms with Crippen LogP contribution >= 0.6 is 22.9 Å². The fourth-order valence-corrected chi connectivity index (χ4v) is 4.90. The minimum absolute atomic E-state index is 0.345. The summed E-state index contributed by atoms with van der Waals surface area (Å²) in [5, 5.41) is 12.8. The van der Waals surface area contributed by atoms with Gasteiger partial charge in [0, 0.05) is 28.6 Å². The zero-order valence-electron chi connectivity index (χ0n) is 19.2. The van der Waals surface area contributed by atoms with Gasteiger partial charge in [-0.1, -0.05) is 41.1 Å². The number of anilines is 1. The van der Waals surface area contributed by atoms with Crippen LogP contribution < -0.4 is 10.1 Å². The van der Waals surface area contributed by atoms with Gasteiger partial charge in [0.15, 0.2) is 5.13 Å². The van der Waals surface area contributed by atoms with Gasteiger partial charge in [-0.2, -0.15) is 5.26 Å². The SMILES string of the molecule is COc1cccc(Cl)c1-c1cc(C)ncc1C(=O)Nc1nc2ccc(-c3ccc(C#N)cc3)nc2s1. The van der Waals surface area contributed by atoms with Crippen LogP contribution in [0.15, 0.2) is 66.9 Å². The molecule has 0 aliphatic rings. The molecule has 5 aromatic rings. The third kappa shape index (κ3) is 4.50. The molecule has 0 spiro atoms. The number of benzene rings is 2. The molecule has 0 radical (unpaired) electrons. The molecule has 1 amide bonds. The molecule has 1 N–H and O–H groups in total. The predicted octanol–water partition coefficient (Wildman–Crippen LogP) is 6.51. The van der Waals surface area contributed by atoms with Crippen molar-refractivity contribution >= 4 is 44.3 Å². The number of fused-ring (bicyclic) bond motifs is 1. The van der Waals surface area contributed by atoms with E-state index >= 15 is 0 Å². The fourth-order valence-electron chi connectivity index (χ4n) is 3.79. The number of ether oxygens (including phenoxy) is 1. The molecule has 0 aliphatic heterocycles. The molecule has 0 fully saturated rings. The molecule has 3 aromatic heterocycles. The molecule has 5 rings (SSSR count). The number of methoxy groups -OCH3 is 1. The van der Waals surface area contributed by atoms with Crippen molar-refractivity contribution in [2.45, 2.75) is 6.92 Å². The Labute approximate surface area is 216 Å². The van der Waals surface area contributed by atoms with Crippen LogP contribution in [0.1, 0.15) is 21.6 Å². The number of carbonyl (C=O) groups excluding carboxylic acids is 1. The standard InChI is InChI=1S/C27H18ClN5O2S/c1-15-12-18(24-20(28)4-3-5-23(24)35-2)19(14-30-15)25(34)33-27-32-22-11-10-21(31-26(22)36-27)17-8-6-16(13-29)7-9-17/h3-12,14H,1-2H3,(H,32,33,34). The van der Waals surface area contributed by atoms with Gasteiger partial charge in [-0.25, -0.2) is 9.97 Å². The largest absolute Gasteiger partial charge is 0.496 e. The molecule has 176 valence electrons. The van der Waals surface area contributed by atoms with Crippen molar-refractivity contribution in [1.82, 2.24) is 15.0 Å². The Bertz CT molecular complexity index is 1660. The van der Waals surface area contributed by atoms with Crippen LogP contribution in [0.5, 0.6) is 5.75 Å². The zero-order valence-corrected chi connectivity index (χ0v) is 20.8. The number of hydrogen-bond acceptors (Lipinski definition) is 7. The lowest BCUT2D eigenvalue weighted by Crippen LogP contribution is -2.14. The molecule has 7 nitrogen and oxygen atoms in total. The number of nitriles is 1. The van der Waals surface area contributed by atoms with E-state index in [-0.39, 0.29) is 5.91 Å². The summed E-state index contributed by atoms with van der Waals surface area (Å²) in [5.41, 5.74) is 5.22. The number of amides is 1. The molecule has 0 bridgehead atoms. The number of halogens is 1. The Morgan fingerprint density at radius 3 is 2.67 bits per heavy atom. The van der Waals surface area contributed by atoms with E-state index < -0.39 is 0 Å². The summed E-state index contributed by atoms with van der Waals surface area (Å²) in [4.78, 5) is 27.6. The van der Waals surface area contributed by atoms with Gasteiger partial charge in [-0.3, -0.25) is 15.1 Å². The van der Waals surface area contributed by atoms with E-state index in [1.54, 1.807) is 37.4 Å². The molecule has 9 heteroatoms. The van der Waals surface area contributed by atoms with E-state index in [1.165, 1.54) is 17.5 Å². The van der Waals surface area contributed by atoms with Crippen molar-refractivity contribution in [3.05, 3.63) is 88.7 Å². The average molecular weight is 512 g/mol. The summed E-state index contributed by atoms with van der Waals surface area (Å²) in [5.74, 6) is 0.188. The number of thiazole rings is 1. The second-order valence-electron chi connectivity index (χ2n) is 7.87. The second kappa shape index (κ2) is 9.74. The minimum Gasteiger partial charge on any atom is -0.496 e. The van der Waals surface area contributed by atoms with Crippen LogP contribution in [0.4, 0.5) is 5.13 Å².